The standard InChI is InChI=1S/C18H25Br2N3O3/c1-18(2,3)26-17(24)23-7-5-11(6-8-23)10-25-16-13(20)9-12(19)14(21)15(16)22-4/h5,9,22H,6-8,10,21H2,1-4H3. The van der Waals surface area contributed by atoms with Crippen molar-refractivity contribution in [1.82, 2.24) is 4.90 Å². The van der Waals surface area contributed by atoms with Crippen LogP contribution in [0.2, 0.25) is 0 Å². The zero-order valence-corrected chi connectivity index (χ0v) is 18.7. The van der Waals surface area contributed by atoms with E-state index in [4.69, 9.17) is 15.2 Å². The van der Waals surface area contributed by atoms with E-state index < -0.39 is 5.60 Å². The first-order chi connectivity index (χ1) is 12.1. The summed E-state index contributed by atoms with van der Waals surface area (Å²) in [6.45, 7) is 7.18. The predicted octanol–water partition coefficient (Wildman–Crippen LogP) is 4.78. The smallest absolute Gasteiger partial charge is 0.410 e. The Morgan fingerprint density at radius 2 is 2.04 bits per heavy atom. The highest BCUT2D eigenvalue weighted by atomic mass is 79.9. The monoisotopic (exact) mass is 489 g/mol. The minimum Gasteiger partial charge on any atom is -0.486 e. The fraction of sp³-hybridized carbons (Fsp3) is 0.500. The van der Waals surface area contributed by atoms with Crippen molar-refractivity contribution in [3.63, 3.8) is 0 Å². The molecule has 0 aliphatic carbocycles. The fourth-order valence-electron chi connectivity index (χ4n) is 2.50. The second-order valence-corrected chi connectivity index (χ2v) is 8.74. The van der Waals surface area contributed by atoms with Gasteiger partial charge >= 0.3 is 6.09 Å². The lowest BCUT2D eigenvalue weighted by atomic mass is 10.1. The van der Waals surface area contributed by atoms with Gasteiger partial charge in [0.2, 0.25) is 0 Å². The van der Waals surface area contributed by atoms with E-state index in [1.807, 2.05) is 32.9 Å². The maximum atomic E-state index is 12.1. The van der Waals surface area contributed by atoms with Crippen molar-refractivity contribution in [3.05, 3.63) is 26.7 Å². The Morgan fingerprint density at radius 3 is 2.58 bits per heavy atom. The number of carbonyl (C=O) groups is 1. The van der Waals surface area contributed by atoms with E-state index in [-0.39, 0.29) is 6.09 Å². The van der Waals surface area contributed by atoms with Gasteiger partial charge < -0.3 is 25.4 Å². The Kier molecular flexibility index (Phi) is 6.85. The van der Waals surface area contributed by atoms with Crippen LogP contribution in [0.25, 0.3) is 0 Å². The van der Waals surface area contributed by atoms with Crippen molar-refractivity contribution >= 4 is 49.3 Å². The molecule has 0 spiro atoms. The Bertz CT molecular complexity index is 715. The number of anilines is 2. The molecule has 0 fully saturated rings. The quantitative estimate of drug-likeness (QED) is 0.469. The number of nitrogens with two attached hydrogens (primary N) is 1. The Hall–Kier alpha value is -1.41. The van der Waals surface area contributed by atoms with Crippen LogP contribution in [-0.4, -0.2) is 43.3 Å². The number of ether oxygens (including phenoxy) is 2. The molecule has 1 aromatic rings. The Labute approximate surface area is 171 Å². The molecule has 0 radical (unpaired) electrons. The minimum atomic E-state index is -0.485. The Balaban J connectivity index is 2.00. The number of hydrogen-bond donors (Lipinski definition) is 2. The number of hydrogen-bond acceptors (Lipinski definition) is 5. The number of nitrogen functional groups attached to an aromatic ring is 1. The molecule has 0 saturated heterocycles. The number of amides is 1. The molecule has 8 heteroatoms. The van der Waals surface area contributed by atoms with Crippen molar-refractivity contribution < 1.29 is 14.3 Å². The minimum absolute atomic E-state index is 0.283. The van der Waals surface area contributed by atoms with Gasteiger partial charge in [0, 0.05) is 24.6 Å². The molecule has 0 aromatic heterocycles. The van der Waals surface area contributed by atoms with E-state index in [1.54, 1.807) is 11.9 Å². The van der Waals surface area contributed by atoms with Gasteiger partial charge in [-0.05, 0) is 70.7 Å². The third-order valence-electron chi connectivity index (χ3n) is 3.83. The summed E-state index contributed by atoms with van der Waals surface area (Å²) in [5, 5.41) is 3.08. The molecule has 1 aliphatic heterocycles. The third kappa shape index (κ3) is 5.30. The summed E-state index contributed by atoms with van der Waals surface area (Å²) in [5.41, 5.74) is 8.08. The highest BCUT2D eigenvalue weighted by Gasteiger charge is 2.24. The number of nitrogens with zero attached hydrogens (tertiary/aromatic N) is 1. The second kappa shape index (κ2) is 8.52. The molecule has 1 heterocycles. The molecule has 6 nitrogen and oxygen atoms in total. The zero-order chi connectivity index (χ0) is 19.5. The van der Waals surface area contributed by atoms with E-state index in [2.05, 4.69) is 37.2 Å². The average Bonchev–Trinajstić information content (AvgIpc) is 2.55. The van der Waals surface area contributed by atoms with Crippen LogP contribution in [0.4, 0.5) is 16.2 Å². The average molecular weight is 491 g/mol. The van der Waals surface area contributed by atoms with E-state index >= 15 is 0 Å². The molecule has 0 bridgehead atoms. The molecular formula is C18H25Br2N3O3. The number of halogens is 2. The van der Waals surface area contributed by atoms with Crippen molar-refractivity contribution in [2.45, 2.75) is 32.8 Å². The van der Waals surface area contributed by atoms with Crippen LogP contribution in [0.15, 0.2) is 26.7 Å². The fourth-order valence-corrected chi connectivity index (χ4v) is 3.78. The maximum absolute atomic E-state index is 12.1. The van der Waals surface area contributed by atoms with Crippen LogP contribution in [0, 0.1) is 0 Å². The van der Waals surface area contributed by atoms with Crippen LogP contribution in [-0.2, 0) is 4.74 Å². The van der Waals surface area contributed by atoms with Gasteiger partial charge in [0.15, 0.2) is 5.75 Å². The van der Waals surface area contributed by atoms with Crippen LogP contribution < -0.4 is 15.8 Å². The van der Waals surface area contributed by atoms with Crippen LogP contribution in [0.3, 0.4) is 0 Å². The molecule has 1 aromatic carbocycles. The van der Waals surface area contributed by atoms with Gasteiger partial charge in [0.1, 0.15) is 17.9 Å². The van der Waals surface area contributed by atoms with Gasteiger partial charge in [-0.15, -0.1) is 0 Å². The van der Waals surface area contributed by atoms with Crippen molar-refractivity contribution in [3.8, 4) is 5.75 Å². The molecule has 0 atom stereocenters. The summed E-state index contributed by atoms with van der Waals surface area (Å²) in [4.78, 5) is 13.8. The molecule has 0 unspecified atom stereocenters. The summed E-state index contributed by atoms with van der Waals surface area (Å²) < 4.78 is 13.0. The molecule has 1 amide bonds. The highest BCUT2D eigenvalue weighted by molar-refractivity contribution is 9.11. The molecule has 26 heavy (non-hydrogen) atoms. The van der Waals surface area contributed by atoms with Crippen LogP contribution in [0.1, 0.15) is 27.2 Å². The molecule has 1 aliphatic rings. The number of rotatable bonds is 4. The topological polar surface area (TPSA) is 76.8 Å². The van der Waals surface area contributed by atoms with Gasteiger partial charge in [-0.3, -0.25) is 0 Å². The SMILES string of the molecule is CNc1c(N)c(Br)cc(Br)c1OCC1=CCN(C(=O)OC(C)(C)C)CC1. The largest absolute Gasteiger partial charge is 0.486 e. The predicted molar refractivity (Wildman–Crippen MR) is 112 cm³/mol. The molecule has 3 N–H and O–H groups in total. The van der Waals surface area contributed by atoms with E-state index in [0.717, 1.165) is 26.6 Å². The summed E-state index contributed by atoms with van der Waals surface area (Å²) in [6, 6.07) is 1.87. The molecular weight excluding hydrogens is 466 g/mol. The van der Waals surface area contributed by atoms with Crippen LogP contribution >= 0.6 is 31.9 Å². The van der Waals surface area contributed by atoms with Gasteiger partial charge in [-0.2, -0.15) is 0 Å². The van der Waals surface area contributed by atoms with Crippen molar-refractivity contribution in [2.24, 2.45) is 0 Å². The number of benzene rings is 1. The number of carbonyl (C=O) groups excluding carboxylic acids is 1. The van der Waals surface area contributed by atoms with E-state index in [0.29, 0.717) is 31.1 Å². The van der Waals surface area contributed by atoms with Gasteiger partial charge in [0.25, 0.3) is 0 Å². The lowest BCUT2D eigenvalue weighted by molar-refractivity contribution is 0.0264. The maximum Gasteiger partial charge on any atom is 0.410 e. The normalized spacial score (nSPS) is 14.7. The lowest BCUT2D eigenvalue weighted by Crippen LogP contribution is -2.39. The van der Waals surface area contributed by atoms with Gasteiger partial charge in [-0.25, -0.2) is 4.79 Å². The summed E-state index contributed by atoms with van der Waals surface area (Å²) >= 11 is 6.94. The van der Waals surface area contributed by atoms with Crippen molar-refractivity contribution in [2.75, 3.05) is 37.8 Å². The summed E-state index contributed by atoms with van der Waals surface area (Å²) in [5.74, 6) is 0.670. The number of nitrogens with one attached hydrogen (secondary N) is 1. The van der Waals surface area contributed by atoms with Crippen LogP contribution in [0.5, 0.6) is 5.75 Å². The van der Waals surface area contributed by atoms with E-state index in [9.17, 15) is 4.79 Å². The summed E-state index contributed by atoms with van der Waals surface area (Å²) in [6.07, 6.45) is 2.48. The lowest BCUT2D eigenvalue weighted by Gasteiger charge is -2.29. The molecule has 0 saturated carbocycles. The van der Waals surface area contributed by atoms with E-state index in [1.165, 1.54) is 0 Å². The second-order valence-electron chi connectivity index (χ2n) is 7.04. The highest BCUT2D eigenvalue weighted by Crippen LogP contribution is 2.42. The first kappa shape index (κ1) is 20.9. The van der Waals surface area contributed by atoms with Gasteiger partial charge in [0.05, 0.1) is 10.2 Å². The first-order valence-corrected chi connectivity index (χ1v) is 9.95. The third-order valence-corrected chi connectivity index (χ3v) is 5.08. The van der Waals surface area contributed by atoms with Crippen molar-refractivity contribution in [1.29, 1.82) is 0 Å². The van der Waals surface area contributed by atoms with Gasteiger partial charge in [-0.1, -0.05) is 6.08 Å². The molecule has 144 valence electrons. The molecule has 2 rings (SSSR count). The first-order valence-electron chi connectivity index (χ1n) is 8.36. The zero-order valence-electron chi connectivity index (χ0n) is 15.5. The Morgan fingerprint density at radius 1 is 1.35 bits per heavy atom. The summed E-state index contributed by atoms with van der Waals surface area (Å²) in [7, 11) is 1.80.